The van der Waals surface area contributed by atoms with Crippen LogP contribution in [0.3, 0.4) is 0 Å². The van der Waals surface area contributed by atoms with Crippen molar-refractivity contribution in [2.75, 3.05) is 5.75 Å². The maximum atomic E-state index is 14.2. The second kappa shape index (κ2) is 8.39. The van der Waals surface area contributed by atoms with Gasteiger partial charge in [0.05, 0.1) is 5.71 Å². The summed E-state index contributed by atoms with van der Waals surface area (Å²) in [6, 6.07) is 8.07. The number of amides is 1. The van der Waals surface area contributed by atoms with Gasteiger partial charge in [-0.1, -0.05) is 50.5 Å². The number of oxime groups is 1. The standard InChI is InChI=1S/C21H15BrClF3N2O3S/c1-10-4-11(2-3-15(10)18(29)27-17-9-32-19(17)30)16-8-20(31-28-16,21(24,25)26)12-5-13(22)7-14(23)6-12/h2-7,17H,8-9H2,1H3,(H,27,29). The fourth-order valence-electron chi connectivity index (χ4n) is 3.51. The van der Waals surface area contributed by atoms with E-state index in [-0.39, 0.29) is 21.4 Å². The molecule has 0 aromatic heterocycles. The first kappa shape index (κ1) is 23.1. The van der Waals surface area contributed by atoms with Crippen LogP contribution in [-0.4, -0.2) is 34.7 Å². The Bertz CT molecular complexity index is 1140. The molecule has 0 radical (unpaired) electrons. The second-order valence-electron chi connectivity index (χ2n) is 7.47. The minimum atomic E-state index is -4.76. The lowest BCUT2D eigenvalue weighted by Crippen LogP contribution is -2.47. The van der Waals surface area contributed by atoms with Crippen LogP contribution in [0.2, 0.25) is 5.02 Å². The summed E-state index contributed by atoms with van der Waals surface area (Å²) in [5.41, 5.74) is -1.47. The van der Waals surface area contributed by atoms with Crippen LogP contribution >= 0.6 is 39.3 Å². The molecule has 2 aliphatic heterocycles. The first-order chi connectivity index (χ1) is 15.0. The summed E-state index contributed by atoms with van der Waals surface area (Å²) in [6.07, 6.45) is -5.31. The summed E-state index contributed by atoms with van der Waals surface area (Å²) in [4.78, 5) is 28.9. The van der Waals surface area contributed by atoms with Crippen LogP contribution in [0.5, 0.6) is 0 Å². The van der Waals surface area contributed by atoms with Crippen LogP contribution in [0.25, 0.3) is 0 Å². The number of halogens is 5. The quantitative estimate of drug-likeness (QED) is 0.559. The molecule has 2 aromatic carbocycles. The van der Waals surface area contributed by atoms with E-state index >= 15 is 0 Å². The third kappa shape index (κ3) is 4.15. The summed E-state index contributed by atoms with van der Waals surface area (Å²) in [5, 5.41) is 6.43. The SMILES string of the molecule is Cc1cc(C2=NOC(c3cc(Cl)cc(Br)c3)(C(F)(F)F)C2)ccc1C(=O)NC1CSC1=O. The van der Waals surface area contributed by atoms with E-state index in [9.17, 15) is 22.8 Å². The van der Waals surface area contributed by atoms with E-state index in [0.717, 1.165) is 11.8 Å². The first-order valence-electron chi connectivity index (χ1n) is 9.37. The summed E-state index contributed by atoms with van der Waals surface area (Å²) < 4.78 is 42.9. The summed E-state index contributed by atoms with van der Waals surface area (Å²) >= 11 is 10.3. The molecule has 11 heteroatoms. The van der Waals surface area contributed by atoms with Gasteiger partial charge in [0.1, 0.15) is 6.04 Å². The summed E-state index contributed by atoms with van der Waals surface area (Å²) in [5.74, 6) is 0.111. The molecular formula is C21H15BrClF3N2O3S. The van der Waals surface area contributed by atoms with Gasteiger partial charge in [0.2, 0.25) is 5.12 Å². The predicted octanol–water partition coefficient (Wildman–Crippen LogP) is 5.36. The van der Waals surface area contributed by atoms with Crippen molar-refractivity contribution in [3.05, 3.63) is 68.1 Å². The van der Waals surface area contributed by atoms with Crippen molar-refractivity contribution in [1.29, 1.82) is 0 Å². The van der Waals surface area contributed by atoms with Gasteiger partial charge in [0.25, 0.3) is 11.5 Å². The van der Waals surface area contributed by atoms with Crippen molar-refractivity contribution < 1.29 is 27.6 Å². The highest BCUT2D eigenvalue weighted by Gasteiger charge is 2.62. The van der Waals surface area contributed by atoms with E-state index in [2.05, 4.69) is 26.4 Å². The Kier molecular flexibility index (Phi) is 6.06. The third-order valence-electron chi connectivity index (χ3n) is 5.30. The zero-order chi connectivity index (χ0) is 23.3. The van der Waals surface area contributed by atoms with Crippen LogP contribution in [0.4, 0.5) is 13.2 Å². The van der Waals surface area contributed by atoms with Gasteiger partial charge < -0.3 is 10.2 Å². The molecule has 1 saturated heterocycles. The van der Waals surface area contributed by atoms with Gasteiger partial charge in [0, 0.05) is 32.8 Å². The molecule has 2 aliphatic rings. The molecule has 1 N–H and O–H groups in total. The normalized spacial score (nSPS) is 22.8. The highest BCUT2D eigenvalue weighted by Crippen LogP contribution is 2.49. The number of carbonyl (C=O) groups excluding carboxylic acids is 2. The van der Waals surface area contributed by atoms with E-state index in [1.54, 1.807) is 13.0 Å². The summed E-state index contributed by atoms with van der Waals surface area (Å²) in [6.45, 7) is 1.66. The fraction of sp³-hybridized carbons (Fsp3) is 0.286. The molecule has 2 atom stereocenters. The van der Waals surface area contributed by atoms with Crippen LogP contribution in [0, 0.1) is 6.92 Å². The van der Waals surface area contributed by atoms with Crippen molar-refractivity contribution in [3.8, 4) is 0 Å². The molecule has 5 nitrogen and oxygen atoms in total. The largest absolute Gasteiger partial charge is 0.435 e. The Morgan fingerprint density at radius 3 is 2.62 bits per heavy atom. The number of rotatable bonds is 4. The van der Waals surface area contributed by atoms with Crippen LogP contribution < -0.4 is 5.32 Å². The summed E-state index contributed by atoms with van der Waals surface area (Å²) in [7, 11) is 0. The predicted molar refractivity (Wildman–Crippen MR) is 119 cm³/mol. The minimum Gasteiger partial charge on any atom is -0.374 e. The number of hydrogen-bond donors (Lipinski definition) is 1. The number of benzene rings is 2. The van der Waals surface area contributed by atoms with E-state index in [0.29, 0.717) is 26.9 Å². The molecule has 1 amide bonds. The van der Waals surface area contributed by atoms with Gasteiger partial charge in [0.15, 0.2) is 0 Å². The number of nitrogens with one attached hydrogen (secondary N) is 1. The zero-order valence-corrected chi connectivity index (χ0v) is 19.6. The maximum absolute atomic E-state index is 14.2. The van der Waals surface area contributed by atoms with E-state index in [1.807, 2.05) is 0 Å². The molecule has 2 unspecified atom stereocenters. The first-order valence-corrected chi connectivity index (χ1v) is 11.5. The average Bonchev–Trinajstić information content (AvgIpc) is 3.17. The van der Waals surface area contributed by atoms with E-state index in [4.69, 9.17) is 16.4 Å². The number of nitrogens with zero attached hydrogens (tertiary/aromatic N) is 1. The van der Waals surface area contributed by atoms with Gasteiger partial charge in [-0.15, -0.1) is 0 Å². The zero-order valence-electron chi connectivity index (χ0n) is 16.4. The number of thioether (sulfide) groups is 1. The lowest BCUT2D eigenvalue weighted by Gasteiger charge is -2.29. The highest BCUT2D eigenvalue weighted by molar-refractivity contribution is 9.10. The van der Waals surface area contributed by atoms with Crippen molar-refractivity contribution in [1.82, 2.24) is 5.32 Å². The topological polar surface area (TPSA) is 67.8 Å². The fourth-order valence-corrected chi connectivity index (χ4v) is 4.99. The van der Waals surface area contributed by atoms with Gasteiger partial charge in [-0.25, -0.2) is 0 Å². The number of alkyl halides is 3. The van der Waals surface area contributed by atoms with E-state index in [1.165, 1.54) is 30.3 Å². The molecule has 0 bridgehead atoms. The third-order valence-corrected chi connectivity index (χ3v) is 7.05. The van der Waals surface area contributed by atoms with Crippen molar-refractivity contribution in [2.45, 2.75) is 31.2 Å². The Hall–Kier alpha value is -2.04. The Labute approximate surface area is 198 Å². The molecule has 0 spiro atoms. The van der Waals surface area contributed by atoms with Crippen LogP contribution in [-0.2, 0) is 15.2 Å². The molecule has 0 saturated carbocycles. The molecular weight excluding hydrogens is 533 g/mol. The van der Waals surface area contributed by atoms with Gasteiger partial charge in [-0.3, -0.25) is 9.59 Å². The molecule has 0 aliphatic carbocycles. The Balaban J connectivity index is 1.60. The van der Waals surface area contributed by atoms with Crippen molar-refractivity contribution in [2.24, 2.45) is 5.16 Å². The van der Waals surface area contributed by atoms with E-state index < -0.39 is 30.1 Å². The molecule has 32 heavy (non-hydrogen) atoms. The second-order valence-corrected chi connectivity index (χ2v) is 9.85. The smallest absolute Gasteiger partial charge is 0.374 e. The number of hydrogen-bond acceptors (Lipinski definition) is 5. The molecule has 2 heterocycles. The van der Waals surface area contributed by atoms with Gasteiger partial charge >= 0.3 is 6.18 Å². The van der Waals surface area contributed by atoms with Crippen LogP contribution in [0.1, 0.15) is 33.5 Å². The molecule has 168 valence electrons. The molecule has 2 aromatic rings. The highest BCUT2D eigenvalue weighted by atomic mass is 79.9. The monoisotopic (exact) mass is 546 g/mol. The number of carbonyl (C=O) groups is 2. The lowest BCUT2D eigenvalue weighted by molar-refractivity contribution is -0.275. The lowest BCUT2D eigenvalue weighted by atomic mass is 9.86. The Morgan fingerprint density at radius 1 is 1.31 bits per heavy atom. The Morgan fingerprint density at radius 2 is 2.06 bits per heavy atom. The van der Waals surface area contributed by atoms with Crippen LogP contribution in [0.15, 0.2) is 46.0 Å². The molecule has 4 rings (SSSR count). The average molecular weight is 548 g/mol. The van der Waals surface area contributed by atoms with Gasteiger partial charge in [-0.2, -0.15) is 13.2 Å². The van der Waals surface area contributed by atoms with Crippen molar-refractivity contribution >= 4 is 56.0 Å². The molecule has 1 fully saturated rings. The van der Waals surface area contributed by atoms with Crippen molar-refractivity contribution in [3.63, 3.8) is 0 Å². The maximum Gasteiger partial charge on any atom is 0.435 e. The minimum absolute atomic E-state index is 0.0961. The number of aryl methyl sites for hydroxylation is 1. The van der Waals surface area contributed by atoms with Gasteiger partial charge in [-0.05, 0) is 48.4 Å².